The zero-order valence-electron chi connectivity index (χ0n) is 15.2. The molecule has 3 aliphatic rings. The van der Waals surface area contributed by atoms with Crippen LogP contribution in [-0.2, 0) is 0 Å². The van der Waals surface area contributed by atoms with Crippen LogP contribution in [0.15, 0.2) is 0 Å². The van der Waals surface area contributed by atoms with Gasteiger partial charge in [0.05, 0.1) is 0 Å². The molecule has 0 spiro atoms. The van der Waals surface area contributed by atoms with Crippen LogP contribution < -0.4 is 0 Å². The average Bonchev–Trinajstić information content (AvgIpc) is 2.92. The zero-order valence-corrected chi connectivity index (χ0v) is 16.2. The Morgan fingerprint density at radius 2 is 1.41 bits per heavy atom. The van der Waals surface area contributed by atoms with E-state index in [1.54, 1.807) is 38.5 Å². The second-order valence-electron chi connectivity index (χ2n) is 8.72. The largest absolute Gasteiger partial charge is 0.112 e. The van der Waals surface area contributed by atoms with Gasteiger partial charge in [-0.1, -0.05) is 65.2 Å². The quantitative estimate of drug-likeness (QED) is 0.471. The van der Waals surface area contributed by atoms with Gasteiger partial charge in [-0.15, -0.1) is 8.58 Å². The molecule has 0 aromatic heterocycles. The molecule has 3 fully saturated rings. The lowest BCUT2D eigenvalue weighted by atomic mass is 9.63. The highest BCUT2D eigenvalue weighted by atomic mass is 31.1. The van der Waals surface area contributed by atoms with Gasteiger partial charge in [0, 0.05) is 0 Å². The Morgan fingerprint density at radius 1 is 0.864 bits per heavy atom. The summed E-state index contributed by atoms with van der Waals surface area (Å²) in [5, 5.41) is 0.791. The maximum absolute atomic E-state index is 2.67. The third kappa shape index (κ3) is 3.43. The maximum atomic E-state index is 2.67. The molecule has 3 atom stereocenters. The standard InChI is InChI=1S/C21H39P/c1-3-4-15-20-16-17(2)21(22-20,18-11-7-5-8-12-18)19-13-9-6-10-14-19/h17-20,22H,3-16H2,1-2H3. The minimum absolute atomic E-state index is 0.791. The first-order valence-corrected chi connectivity index (χ1v) is 11.6. The number of rotatable bonds is 5. The Bertz CT molecular complexity index is 307. The van der Waals surface area contributed by atoms with Gasteiger partial charge < -0.3 is 0 Å². The van der Waals surface area contributed by atoms with Gasteiger partial charge in [0.2, 0.25) is 0 Å². The van der Waals surface area contributed by atoms with Gasteiger partial charge in [-0.25, -0.2) is 0 Å². The lowest BCUT2D eigenvalue weighted by molar-refractivity contribution is 0.131. The molecular formula is C21H39P. The van der Waals surface area contributed by atoms with E-state index in [9.17, 15) is 0 Å². The van der Waals surface area contributed by atoms with Gasteiger partial charge in [-0.2, -0.15) is 0 Å². The lowest BCUT2D eigenvalue weighted by Crippen LogP contribution is -2.45. The van der Waals surface area contributed by atoms with Crippen molar-refractivity contribution in [1.29, 1.82) is 0 Å². The Hall–Kier alpha value is 0.430. The topological polar surface area (TPSA) is 0 Å². The molecule has 0 aromatic rings. The fraction of sp³-hybridized carbons (Fsp3) is 1.00. The minimum Gasteiger partial charge on any atom is -0.112 e. The van der Waals surface area contributed by atoms with Crippen molar-refractivity contribution < 1.29 is 0 Å². The Labute approximate surface area is 141 Å². The zero-order chi connectivity index (χ0) is 15.4. The molecule has 0 amide bonds. The molecule has 1 heterocycles. The molecule has 22 heavy (non-hydrogen) atoms. The van der Waals surface area contributed by atoms with E-state index in [1.807, 2.05) is 0 Å². The molecule has 128 valence electrons. The van der Waals surface area contributed by atoms with Crippen molar-refractivity contribution in [2.75, 3.05) is 0 Å². The van der Waals surface area contributed by atoms with Crippen molar-refractivity contribution in [3.05, 3.63) is 0 Å². The molecule has 0 aromatic carbocycles. The van der Waals surface area contributed by atoms with Crippen molar-refractivity contribution in [3.63, 3.8) is 0 Å². The molecule has 3 unspecified atom stereocenters. The van der Waals surface area contributed by atoms with Gasteiger partial charge in [0.25, 0.3) is 0 Å². The normalized spacial score (nSPS) is 35.2. The molecule has 1 saturated heterocycles. The van der Waals surface area contributed by atoms with Gasteiger partial charge in [-0.05, 0) is 67.1 Å². The minimum atomic E-state index is 0.791. The highest BCUT2D eigenvalue weighted by Crippen LogP contribution is 2.65. The van der Waals surface area contributed by atoms with Crippen LogP contribution in [0.25, 0.3) is 0 Å². The summed E-state index contributed by atoms with van der Waals surface area (Å²) in [4.78, 5) is 0. The first-order valence-electron chi connectivity index (χ1n) is 10.5. The highest BCUT2D eigenvalue weighted by Gasteiger charge is 2.53. The third-order valence-corrected chi connectivity index (χ3v) is 10.1. The first-order chi connectivity index (χ1) is 10.8. The summed E-state index contributed by atoms with van der Waals surface area (Å²) in [6.07, 6.45) is 21.5. The van der Waals surface area contributed by atoms with E-state index in [0.29, 0.717) is 0 Å². The summed E-state index contributed by atoms with van der Waals surface area (Å²) in [6.45, 7) is 5.04. The monoisotopic (exact) mass is 322 g/mol. The average molecular weight is 323 g/mol. The predicted octanol–water partition coefficient (Wildman–Crippen LogP) is 7.16. The van der Waals surface area contributed by atoms with Crippen LogP contribution in [-0.4, -0.2) is 10.8 Å². The molecule has 2 saturated carbocycles. The van der Waals surface area contributed by atoms with Gasteiger partial charge in [0.1, 0.15) is 0 Å². The van der Waals surface area contributed by atoms with Crippen molar-refractivity contribution >= 4 is 8.58 Å². The van der Waals surface area contributed by atoms with Gasteiger partial charge in [-0.3, -0.25) is 0 Å². The summed E-state index contributed by atoms with van der Waals surface area (Å²) in [7, 11) is 1.31. The second kappa shape index (κ2) is 8.00. The van der Waals surface area contributed by atoms with Crippen LogP contribution in [0.5, 0.6) is 0 Å². The van der Waals surface area contributed by atoms with Crippen LogP contribution in [0, 0.1) is 17.8 Å². The maximum Gasteiger partial charge on any atom is -0.00372 e. The molecule has 0 radical (unpaired) electrons. The smallest absolute Gasteiger partial charge is 0.00372 e. The Morgan fingerprint density at radius 3 is 1.91 bits per heavy atom. The summed E-state index contributed by atoms with van der Waals surface area (Å²) in [6, 6.07) is 0. The Kier molecular flexibility index (Phi) is 6.28. The molecule has 3 rings (SSSR count). The second-order valence-corrected chi connectivity index (χ2v) is 10.7. The molecular weight excluding hydrogens is 283 g/mol. The predicted molar refractivity (Wildman–Crippen MR) is 101 cm³/mol. The Balaban J connectivity index is 1.78. The molecule has 2 aliphatic carbocycles. The fourth-order valence-electron chi connectivity index (χ4n) is 6.35. The van der Waals surface area contributed by atoms with Crippen LogP contribution in [0.4, 0.5) is 0 Å². The third-order valence-electron chi connectivity index (χ3n) is 7.38. The van der Waals surface area contributed by atoms with Crippen LogP contribution in [0.1, 0.15) is 104 Å². The van der Waals surface area contributed by atoms with Crippen molar-refractivity contribution in [2.24, 2.45) is 17.8 Å². The van der Waals surface area contributed by atoms with Crippen LogP contribution >= 0.6 is 8.58 Å². The van der Waals surface area contributed by atoms with Crippen molar-refractivity contribution in [2.45, 2.75) is 115 Å². The van der Waals surface area contributed by atoms with Crippen LogP contribution in [0.2, 0.25) is 0 Å². The molecule has 1 heteroatoms. The summed E-state index contributed by atoms with van der Waals surface area (Å²) in [5.74, 6) is 3.23. The van der Waals surface area contributed by atoms with E-state index < -0.39 is 0 Å². The van der Waals surface area contributed by atoms with E-state index in [0.717, 1.165) is 28.6 Å². The molecule has 0 bridgehead atoms. The molecule has 0 N–H and O–H groups in total. The van der Waals surface area contributed by atoms with E-state index in [4.69, 9.17) is 0 Å². The highest BCUT2D eigenvalue weighted by molar-refractivity contribution is 7.41. The number of hydrogen-bond acceptors (Lipinski definition) is 0. The summed E-state index contributed by atoms with van der Waals surface area (Å²) < 4.78 is 0. The first kappa shape index (κ1) is 17.3. The van der Waals surface area contributed by atoms with Crippen molar-refractivity contribution in [1.82, 2.24) is 0 Å². The SMILES string of the molecule is CCCCC1CC(C)C(C2CCCCC2)(C2CCCCC2)P1. The van der Waals surface area contributed by atoms with Crippen LogP contribution in [0.3, 0.4) is 0 Å². The summed E-state index contributed by atoms with van der Waals surface area (Å²) >= 11 is 0. The number of unbranched alkanes of at least 4 members (excludes halogenated alkanes) is 1. The van der Waals surface area contributed by atoms with Crippen molar-refractivity contribution in [3.8, 4) is 0 Å². The number of hydrogen-bond donors (Lipinski definition) is 0. The fourth-order valence-corrected chi connectivity index (χ4v) is 9.33. The molecule has 0 nitrogen and oxygen atoms in total. The van der Waals surface area contributed by atoms with E-state index in [1.165, 1.54) is 59.9 Å². The lowest BCUT2D eigenvalue weighted by Gasteiger charge is -2.50. The molecule has 1 aliphatic heterocycles. The van der Waals surface area contributed by atoms with E-state index in [-0.39, 0.29) is 0 Å². The van der Waals surface area contributed by atoms with Gasteiger partial charge >= 0.3 is 0 Å². The van der Waals surface area contributed by atoms with E-state index >= 15 is 0 Å². The van der Waals surface area contributed by atoms with E-state index in [2.05, 4.69) is 13.8 Å². The van der Waals surface area contributed by atoms with Gasteiger partial charge in [0.15, 0.2) is 0 Å². The summed E-state index contributed by atoms with van der Waals surface area (Å²) in [5.41, 5.74) is 1.10.